The first kappa shape index (κ1) is 16.1. The van der Waals surface area contributed by atoms with Gasteiger partial charge in [-0.2, -0.15) is 10.4 Å². The first-order valence-corrected chi connectivity index (χ1v) is 8.75. The summed E-state index contributed by atoms with van der Waals surface area (Å²) in [5.41, 5.74) is 2.89. The molecule has 6 heteroatoms. The fourth-order valence-electron chi connectivity index (χ4n) is 4.01. The molecular weight excluding hydrogens is 314 g/mol. The third kappa shape index (κ3) is 3.53. The lowest BCUT2D eigenvalue weighted by atomic mass is 9.97. The number of nitriles is 1. The van der Waals surface area contributed by atoms with E-state index in [-0.39, 0.29) is 5.60 Å². The molecule has 2 aliphatic rings. The molecule has 0 radical (unpaired) electrons. The van der Waals surface area contributed by atoms with E-state index in [2.05, 4.69) is 27.6 Å². The van der Waals surface area contributed by atoms with Crippen molar-refractivity contribution < 1.29 is 4.74 Å². The molecule has 1 aromatic heterocycles. The lowest BCUT2D eigenvalue weighted by Crippen LogP contribution is -2.33. The molecule has 0 bridgehead atoms. The Morgan fingerprint density at radius 2 is 2.40 bits per heavy atom. The van der Waals surface area contributed by atoms with Crippen molar-refractivity contribution in [1.29, 1.82) is 5.26 Å². The topological polar surface area (TPSA) is 66.1 Å². The van der Waals surface area contributed by atoms with Crippen molar-refractivity contribution in [3.05, 3.63) is 47.8 Å². The highest BCUT2D eigenvalue weighted by atomic mass is 16.5. The van der Waals surface area contributed by atoms with Crippen LogP contribution in [0.15, 0.2) is 36.7 Å². The van der Waals surface area contributed by atoms with Gasteiger partial charge in [0.15, 0.2) is 0 Å². The molecule has 0 aliphatic carbocycles. The van der Waals surface area contributed by atoms with Crippen molar-refractivity contribution in [3.63, 3.8) is 0 Å². The fourth-order valence-corrected chi connectivity index (χ4v) is 4.01. The minimum absolute atomic E-state index is 0.0350. The minimum Gasteiger partial charge on any atom is -0.380 e. The van der Waals surface area contributed by atoms with Gasteiger partial charge in [-0.3, -0.25) is 9.58 Å². The molecule has 4 rings (SSSR count). The Labute approximate surface area is 148 Å². The predicted molar refractivity (Wildman–Crippen MR) is 95.0 cm³/mol. The van der Waals surface area contributed by atoms with Gasteiger partial charge in [0.2, 0.25) is 0 Å². The van der Waals surface area contributed by atoms with E-state index < -0.39 is 0 Å². The zero-order valence-corrected chi connectivity index (χ0v) is 14.5. The molecule has 6 nitrogen and oxygen atoms in total. The van der Waals surface area contributed by atoms with Crippen LogP contribution in [0.1, 0.15) is 24.0 Å². The van der Waals surface area contributed by atoms with Crippen molar-refractivity contribution in [3.8, 4) is 6.07 Å². The molecule has 2 saturated heterocycles. The summed E-state index contributed by atoms with van der Waals surface area (Å²) >= 11 is 0. The summed E-state index contributed by atoms with van der Waals surface area (Å²) in [5.74, 6) is 0. The molecule has 3 heterocycles. The van der Waals surface area contributed by atoms with Crippen LogP contribution in [0.4, 0.5) is 5.69 Å². The predicted octanol–water partition coefficient (Wildman–Crippen LogP) is 2.14. The monoisotopic (exact) mass is 337 g/mol. The number of hydrogen-bond acceptors (Lipinski definition) is 5. The molecule has 0 amide bonds. The van der Waals surface area contributed by atoms with E-state index in [0.29, 0.717) is 11.6 Å². The minimum atomic E-state index is -0.0350. The summed E-state index contributed by atoms with van der Waals surface area (Å²) in [6.45, 7) is 3.68. The van der Waals surface area contributed by atoms with Crippen LogP contribution in [-0.2, 0) is 18.3 Å². The Bertz CT molecular complexity index is 795. The summed E-state index contributed by atoms with van der Waals surface area (Å²) in [7, 11) is 1.95. The van der Waals surface area contributed by atoms with E-state index in [1.165, 1.54) is 5.56 Å². The number of ether oxygens (including phenoxy) is 1. The van der Waals surface area contributed by atoms with Crippen LogP contribution in [-0.4, -0.2) is 46.0 Å². The molecule has 2 aliphatic heterocycles. The number of anilines is 1. The van der Waals surface area contributed by atoms with Crippen molar-refractivity contribution in [2.24, 2.45) is 7.05 Å². The summed E-state index contributed by atoms with van der Waals surface area (Å²) in [5, 5.41) is 16.8. The highest BCUT2D eigenvalue weighted by Gasteiger charge is 2.45. The first-order chi connectivity index (χ1) is 12.1. The summed E-state index contributed by atoms with van der Waals surface area (Å²) in [6.07, 6.45) is 6.09. The number of nitrogens with zero attached hydrogens (tertiary/aromatic N) is 4. The SMILES string of the molecule is Cn1cc(CN2CC[C@]3(C[C@H](Nc4cccc(C#N)c4)CO3)C2)cn1. The molecular formula is C19H23N5O. The van der Waals surface area contributed by atoms with Gasteiger partial charge in [0.25, 0.3) is 0 Å². The smallest absolute Gasteiger partial charge is 0.0992 e. The molecule has 2 atom stereocenters. The van der Waals surface area contributed by atoms with Crippen molar-refractivity contribution in [2.45, 2.75) is 31.0 Å². The van der Waals surface area contributed by atoms with E-state index in [1.54, 1.807) is 0 Å². The molecule has 0 saturated carbocycles. The lowest BCUT2D eigenvalue weighted by Gasteiger charge is -2.23. The van der Waals surface area contributed by atoms with Crippen molar-refractivity contribution in [2.75, 3.05) is 25.0 Å². The van der Waals surface area contributed by atoms with Crippen molar-refractivity contribution in [1.82, 2.24) is 14.7 Å². The first-order valence-electron chi connectivity index (χ1n) is 8.75. The molecule has 1 N–H and O–H groups in total. The lowest BCUT2D eigenvalue weighted by molar-refractivity contribution is 0.0120. The molecule has 130 valence electrons. The average Bonchev–Trinajstić information content (AvgIpc) is 3.31. The van der Waals surface area contributed by atoms with Gasteiger partial charge in [0.05, 0.1) is 36.1 Å². The van der Waals surface area contributed by atoms with Crippen LogP contribution in [0.5, 0.6) is 0 Å². The highest BCUT2D eigenvalue weighted by molar-refractivity contribution is 5.50. The van der Waals surface area contributed by atoms with Crippen molar-refractivity contribution >= 4 is 5.69 Å². The second-order valence-electron chi connectivity index (χ2n) is 7.21. The number of rotatable bonds is 4. The second-order valence-corrected chi connectivity index (χ2v) is 7.21. The van der Waals surface area contributed by atoms with Gasteiger partial charge in [0, 0.05) is 50.6 Å². The third-order valence-electron chi connectivity index (χ3n) is 5.13. The maximum Gasteiger partial charge on any atom is 0.0992 e. The number of benzene rings is 1. The zero-order valence-electron chi connectivity index (χ0n) is 14.5. The van der Waals surface area contributed by atoms with Gasteiger partial charge in [-0.25, -0.2) is 0 Å². The average molecular weight is 337 g/mol. The fraction of sp³-hybridized carbons (Fsp3) is 0.474. The number of aryl methyl sites for hydroxylation is 1. The third-order valence-corrected chi connectivity index (χ3v) is 5.13. The molecule has 0 unspecified atom stereocenters. The van der Waals surface area contributed by atoms with E-state index >= 15 is 0 Å². The van der Waals surface area contributed by atoms with Gasteiger partial charge in [-0.1, -0.05) is 6.07 Å². The van der Waals surface area contributed by atoms with E-state index in [4.69, 9.17) is 10.00 Å². The van der Waals surface area contributed by atoms with Crippen LogP contribution in [0.2, 0.25) is 0 Å². The molecule has 2 aromatic rings. The zero-order chi connectivity index (χ0) is 17.3. The quantitative estimate of drug-likeness (QED) is 0.926. The maximum absolute atomic E-state index is 9.03. The molecule has 2 fully saturated rings. The summed E-state index contributed by atoms with van der Waals surface area (Å²) in [4.78, 5) is 2.45. The molecule has 1 spiro atoms. The van der Waals surface area contributed by atoms with E-state index in [0.717, 1.165) is 44.8 Å². The van der Waals surface area contributed by atoms with Crippen LogP contribution >= 0.6 is 0 Å². The Kier molecular flexibility index (Phi) is 4.20. The van der Waals surface area contributed by atoms with Crippen LogP contribution < -0.4 is 5.32 Å². The number of hydrogen-bond donors (Lipinski definition) is 1. The van der Waals surface area contributed by atoms with Gasteiger partial charge in [0.1, 0.15) is 0 Å². The molecule has 25 heavy (non-hydrogen) atoms. The van der Waals surface area contributed by atoms with Gasteiger partial charge >= 0.3 is 0 Å². The normalized spacial score (nSPS) is 26.2. The van der Waals surface area contributed by atoms with E-state index in [9.17, 15) is 0 Å². The second kappa shape index (κ2) is 6.51. The highest BCUT2D eigenvalue weighted by Crippen LogP contribution is 2.36. The summed E-state index contributed by atoms with van der Waals surface area (Å²) < 4.78 is 8.08. The number of nitrogens with one attached hydrogen (secondary N) is 1. The van der Waals surface area contributed by atoms with Crippen LogP contribution in [0.3, 0.4) is 0 Å². The maximum atomic E-state index is 9.03. The number of likely N-dealkylation sites (tertiary alicyclic amines) is 1. The van der Waals surface area contributed by atoms with Gasteiger partial charge in [-0.15, -0.1) is 0 Å². The largest absolute Gasteiger partial charge is 0.380 e. The van der Waals surface area contributed by atoms with Gasteiger partial charge in [-0.05, 0) is 24.6 Å². The Morgan fingerprint density at radius 1 is 1.48 bits per heavy atom. The standard InChI is InChI=1S/C19H23N5O/c1-23-11-16(10-21-23)12-24-6-5-19(14-24)8-18(13-25-19)22-17-4-2-3-15(7-17)9-20/h2-4,7,10-11,18,22H,5-6,8,12-14H2,1H3/t18-,19-/m0/s1. The summed E-state index contributed by atoms with van der Waals surface area (Å²) in [6, 6.07) is 10.1. The molecule has 1 aromatic carbocycles. The Hall–Kier alpha value is -2.36. The van der Waals surface area contributed by atoms with Crippen LogP contribution in [0, 0.1) is 11.3 Å². The Balaban J connectivity index is 1.35. The van der Waals surface area contributed by atoms with Gasteiger partial charge < -0.3 is 10.1 Å². The van der Waals surface area contributed by atoms with Crippen LogP contribution in [0.25, 0.3) is 0 Å². The number of aromatic nitrogens is 2. The van der Waals surface area contributed by atoms with E-state index in [1.807, 2.05) is 42.2 Å². The Morgan fingerprint density at radius 3 is 3.20 bits per heavy atom.